The monoisotopic (exact) mass is 1310 g/mol. The van der Waals surface area contributed by atoms with E-state index in [0.717, 1.165) is 0 Å². The fraction of sp³-hybridized carbons (Fsp3) is 0.620. The van der Waals surface area contributed by atoms with Gasteiger partial charge in [-0.3, -0.25) is 43.8 Å². The average molecular weight is 1310 g/mol. The molecule has 2 fully saturated rings. The number of fused-ring (bicyclic) bond motifs is 1. The van der Waals surface area contributed by atoms with Gasteiger partial charge in [-0.2, -0.15) is 0 Å². The molecule has 0 unspecified atom stereocenters. The lowest BCUT2D eigenvalue weighted by molar-refractivity contribution is -0.385. The fourth-order valence-corrected chi connectivity index (χ4v) is 11.3. The third-order valence-electron chi connectivity index (χ3n) is 14.8. The number of hydrogen-bond acceptors (Lipinski definition) is 22. The zero-order valence-corrected chi connectivity index (χ0v) is 58.7. The molecule has 94 heavy (non-hydrogen) atoms. The molecule has 0 radical (unpaired) electrons. The summed E-state index contributed by atoms with van der Waals surface area (Å²) in [6.07, 6.45) is 2.51. The van der Waals surface area contributed by atoms with E-state index < -0.39 is 112 Å². The number of Topliss-reactive ketones (excluding diaryl/α,β-unsaturated/α-hetero) is 1. The minimum atomic E-state index is -0.939. The first-order valence-electron chi connectivity index (χ1n) is 32.3. The highest BCUT2D eigenvalue weighted by molar-refractivity contribution is 5.98. The van der Waals surface area contributed by atoms with Gasteiger partial charge in [0.1, 0.15) is 101 Å². The van der Waals surface area contributed by atoms with Gasteiger partial charge >= 0.3 is 35.5 Å². The Kier molecular flexibility index (Phi) is 24.5. The Balaban J connectivity index is 1.29. The van der Waals surface area contributed by atoms with Crippen LogP contribution in [0.25, 0.3) is 11.0 Å². The van der Waals surface area contributed by atoms with Crippen LogP contribution in [0.3, 0.4) is 0 Å². The Morgan fingerprint density at radius 3 is 1.49 bits per heavy atom. The summed E-state index contributed by atoms with van der Waals surface area (Å²) in [6.45, 7) is 31.0. The standard InChI is InChI=1S/C71H100N4O19/c1-66(2,3)43-74(41-64(81)94-71(16,17)18)51-30-29-48(85-19)34-58(51)87-55-21-20-22-56(55)88-59-36-52(75(83)84)46(33-53(59)73(39-62(79)92-69(10,11)12)40-63(80)93-70(13,14)15)42-86-49-28-25-45-32-50(65(82)89-57(45)35-49)54(76)31-44-23-26-47(27-24-44)72(37-60(77)90-67(4,5)6)38-61(78)91-68(7,8)9/h25,28-30,32-36,44,47,55-56H,20-24,26-27,31,37-43H2,1-19H3/t44?,47?,55-,56+/m1/s1. The van der Waals surface area contributed by atoms with Gasteiger partial charge in [-0.05, 0) is 197 Å². The normalized spacial score (nSPS) is 17.2. The topological polar surface area (TPSA) is 269 Å². The molecule has 23 nitrogen and oxygen atoms in total. The van der Waals surface area contributed by atoms with Crippen molar-refractivity contribution in [1.29, 1.82) is 0 Å². The quantitative estimate of drug-likeness (QED) is 0.0141. The van der Waals surface area contributed by atoms with Crippen LogP contribution in [0, 0.1) is 21.4 Å². The number of nitro groups is 1. The van der Waals surface area contributed by atoms with Crippen molar-refractivity contribution in [3.05, 3.63) is 86.3 Å². The van der Waals surface area contributed by atoms with Gasteiger partial charge in [0.25, 0.3) is 5.69 Å². The second-order valence-corrected chi connectivity index (χ2v) is 30.6. The van der Waals surface area contributed by atoms with Crippen molar-refractivity contribution in [1.82, 2.24) is 4.90 Å². The lowest BCUT2D eigenvalue weighted by Gasteiger charge is -2.36. The maximum Gasteiger partial charge on any atom is 0.347 e. The Bertz CT molecular complexity index is 3360. The molecule has 2 atom stereocenters. The maximum absolute atomic E-state index is 13.9. The molecule has 1 aromatic heterocycles. The molecule has 518 valence electrons. The van der Waals surface area contributed by atoms with E-state index >= 15 is 0 Å². The van der Waals surface area contributed by atoms with Gasteiger partial charge in [0.2, 0.25) is 0 Å². The first-order chi connectivity index (χ1) is 43.4. The molecule has 0 spiro atoms. The van der Waals surface area contributed by atoms with Crippen molar-refractivity contribution in [3.8, 4) is 23.0 Å². The molecule has 6 rings (SSSR count). The zero-order valence-electron chi connectivity index (χ0n) is 58.7. The fourth-order valence-electron chi connectivity index (χ4n) is 11.3. The summed E-state index contributed by atoms with van der Waals surface area (Å²) in [4.78, 5) is 112. The molecule has 0 aliphatic heterocycles. The Morgan fingerprint density at radius 2 is 1.02 bits per heavy atom. The molecule has 0 amide bonds. The van der Waals surface area contributed by atoms with Crippen LogP contribution in [0.5, 0.6) is 23.0 Å². The number of nitro benzene ring substituents is 1. The number of hydrogen-bond donors (Lipinski definition) is 0. The minimum absolute atomic E-state index is 0.00483. The summed E-state index contributed by atoms with van der Waals surface area (Å²) in [7, 11) is 1.53. The number of anilines is 2. The van der Waals surface area contributed by atoms with Crippen LogP contribution < -0.4 is 34.4 Å². The third-order valence-corrected chi connectivity index (χ3v) is 14.8. The van der Waals surface area contributed by atoms with Gasteiger partial charge < -0.3 is 56.8 Å². The van der Waals surface area contributed by atoms with Crippen LogP contribution in [0.2, 0.25) is 0 Å². The second kappa shape index (κ2) is 30.6. The number of methoxy groups -OCH3 is 1. The highest BCUT2D eigenvalue weighted by Gasteiger charge is 2.38. The summed E-state index contributed by atoms with van der Waals surface area (Å²) < 4.78 is 59.8. The van der Waals surface area contributed by atoms with E-state index in [2.05, 4.69) is 20.8 Å². The molecule has 2 aliphatic rings. The van der Waals surface area contributed by atoms with Crippen molar-refractivity contribution in [2.24, 2.45) is 11.3 Å². The Morgan fingerprint density at radius 1 is 0.553 bits per heavy atom. The molecule has 0 bridgehead atoms. The molecular weight excluding hydrogens is 1210 g/mol. The van der Waals surface area contributed by atoms with E-state index in [4.69, 9.17) is 47.0 Å². The number of carbonyl (C=O) groups excluding carboxylic acids is 6. The van der Waals surface area contributed by atoms with Crippen molar-refractivity contribution in [2.75, 3.05) is 56.2 Å². The Hall–Kier alpha value is -7.95. The van der Waals surface area contributed by atoms with Gasteiger partial charge in [0.05, 0.1) is 48.1 Å². The molecule has 23 heteroatoms. The minimum Gasteiger partial charge on any atom is -0.497 e. The van der Waals surface area contributed by atoms with E-state index in [1.54, 1.807) is 133 Å². The van der Waals surface area contributed by atoms with Gasteiger partial charge in [-0.25, -0.2) is 4.79 Å². The van der Waals surface area contributed by atoms with Gasteiger partial charge in [0, 0.05) is 36.5 Å². The summed E-state index contributed by atoms with van der Waals surface area (Å²) in [6, 6.07) is 13.9. The highest BCUT2D eigenvalue weighted by Crippen LogP contribution is 2.42. The number of ether oxygens (including phenoxy) is 9. The first-order valence-corrected chi connectivity index (χ1v) is 32.3. The number of nitrogens with zero attached hydrogens (tertiary/aromatic N) is 4. The van der Waals surface area contributed by atoms with Crippen LogP contribution >= 0.6 is 0 Å². The van der Waals surface area contributed by atoms with Crippen LogP contribution in [0.4, 0.5) is 17.1 Å². The van der Waals surface area contributed by atoms with Crippen molar-refractivity contribution in [3.63, 3.8) is 0 Å². The number of benzene rings is 3. The number of ketones is 1. The van der Waals surface area contributed by atoms with Gasteiger partial charge in [-0.15, -0.1) is 0 Å². The molecular formula is C71H100N4O19. The molecule has 4 aromatic rings. The number of carbonyl (C=O) groups is 6. The molecule has 3 aromatic carbocycles. The molecule has 2 aliphatic carbocycles. The van der Waals surface area contributed by atoms with E-state index in [1.165, 1.54) is 36.3 Å². The molecule has 0 saturated heterocycles. The maximum atomic E-state index is 13.9. The SMILES string of the molecule is COc1ccc(N(CC(=O)OC(C)(C)C)CC(C)(C)C)c(O[C@@H]2CCC[C@@H]2Oc2cc([N+](=O)[O-])c(COc3ccc4cc(C(=O)CC5CCC(N(CC(=O)OC(C)(C)C)CC(=O)OC(C)(C)C)CC5)c(=O)oc4c3)cc2N(CC(=O)OC(C)(C)C)CC(=O)OC(C)(C)C)c1. The van der Waals surface area contributed by atoms with Crippen LogP contribution in [-0.2, 0) is 54.3 Å². The molecule has 2 saturated carbocycles. The third kappa shape index (κ3) is 24.1. The Labute approximate surface area is 552 Å². The largest absolute Gasteiger partial charge is 0.497 e. The number of rotatable bonds is 26. The summed E-state index contributed by atoms with van der Waals surface area (Å²) >= 11 is 0. The van der Waals surface area contributed by atoms with Crippen molar-refractivity contribution in [2.45, 2.75) is 229 Å². The summed E-state index contributed by atoms with van der Waals surface area (Å²) in [5.74, 6) is -2.36. The van der Waals surface area contributed by atoms with Gasteiger partial charge in [-0.1, -0.05) is 20.8 Å². The van der Waals surface area contributed by atoms with Crippen LogP contribution in [0.1, 0.15) is 192 Å². The van der Waals surface area contributed by atoms with Crippen molar-refractivity contribution >= 4 is 63.7 Å². The summed E-state index contributed by atoms with van der Waals surface area (Å²) in [5.41, 5.74) is -5.01. The smallest absolute Gasteiger partial charge is 0.347 e. The predicted octanol–water partition coefficient (Wildman–Crippen LogP) is 12.5. The van der Waals surface area contributed by atoms with E-state index in [0.29, 0.717) is 74.1 Å². The number of esters is 5. The molecule has 1 heterocycles. The highest BCUT2D eigenvalue weighted by atomic mass is 16.6. The van der Waals surface area contributed by atoms with Gasteiger partial charge in [0.15, 0.2) is 5.78 Å². The first kappa shape index (κ1) is 75.1. The second-order valence-electron chi connectivity index (χ2n) is 30.6. The van der Waals surface area contributed by atoms with E-state index in [1.807, 2.05) is 11.0 Å². The van der Waals surface area contributed by atoms with E-state index in [9.17, 15) is 43.7 Å². The summed E-state index contributed by atoms with van der Waals surface area (Å²) in [5, 5.41) is 13.7. The zero-order chi connectivity index (χ0) is 70.1. The van der Waals surface area contributed by atoms with Crippen molar-refractivity contribution < 1.29 is 80.7 Å². The van der Waals surface area contributed by atoms with E-state index in [-0.39, 0.29) is 77.3 Å². The molecule has 0 N–H and O–H groups in total. The predicted molar refractivity (Wildman–Crippen MR) is 355 cm³/mol. The van der Waals surface area contributed by atoms with Crippen LogP contribution in [-0.4, -0.2) is 138 Å². The van der Waals surface area contributed by atoms with Crippen LogP contribution in [0.15, 0.2) is 63.8 Å². The average Bonchev–Trinajstić information content (AvgIpc) is 1.07. The lowest BCUT2D eigenvalue weighted by atomic mass is 9.82. The lowest BCUT2D eigenvalue weighted by Crippen LogP contribution is -2.46.